The van der Waals surface area contributed by atoms with Crippen molar-refractivity contribution in [3.8, 4) is 5.69 Å². The molecule has 38 heavy (non-hydrogen) atoms. The molecule has 3 aromatic carbocycles. The van der Waals surface area contributed by atoms with Crippen molar-refractivity contribution in [2.24, 2.45) is 0 Å². The molecule has 3 aromatic heterocycles. The standard InChI is InChI=1S/C28H19FN4O3S2/c1-18-23-17-25(37-28(23)32(31-18)21-14-12-20(29)13-15-21)27(34)33(38(35,36)22-9-3-2-4-10-22)24-11-5-7-19-8-6-16-30-26(19)24/h2-17H,1H3. The molecule has 188 valence electrons. The van der Waals surface area contributed by atoms with Crippen LogP contribution in [0.5, 0.6) is 0 Å². The number of halogens is 1. The van der Waals surface area contributed by atoms with Gasteiger partial charge < -0.3 is 0 Å². The highest BCUT2D eigenvalue weighted by Crippen LogP contribution is 2.36. The first-order valence-corrected chi connectivity index (χ1v) is 13.8. The first kappa shape index (κ1) is 24.0. The summed E-state index contributed by atoms with van der Waals surface area (Å²) in [6.45, 7) is 1.80. The van der Waals surface area contributed by atoms with Crippen LogP contribution in [0.1, 0.15) is 15.4 Å². The molecule has 0 spiro atoms. The maximum Gasteiger partial charge on any atom is 0.282 e. The summed E-state index contributed by atoms with van der Waals surface area (Å²) in [4.78, 5) is 19.4. The molecular weight excluding hydrogens is 523 g/mol. The van der Waals surface area contributed by atoms with Crippen molar-refractivity contribution in [3.05, 3.63) is 114 Å². The Morgan fingerprint density at radius 1 is 0.947 bits per heavy atom. The molecule has 1 amide bonds. The Morgan fingerprint density at radius 3 is 2.45 bits per heavy atom. The number of sulfonamides is 1. The van der Waals surface area contributed by atoms with E-state index >= 15 is 0 Å². The van der Waals surface area contributed by atoms with E-state index < -0.39 is 15.9 Å². The highest BCUT2D eigenvalue weighted by molar-refractivity contribution is 7.93. The molecule has 0 unspecified atom stereocenters. The van der Waals surface area contributed by atoms with E-state index in [1.165, 1.54) is 24.3 Å². The number of nitrogens with zero attached hydrogens (tertiary/aromatic N) is 4. The second-order valence-electron chi connectivity index (χ2n) is 8.54. The van der Waals surface area contributed by atoms with E-state index in [0.29, 0.717) is 32.5 Å². The summed E-state index contributed by atoms with van der Waals surface area (Å²) in [5.74, 6) is -1.08. The number of hydrogen-bond donors (Lipinski definition) is 0. The van der Waals surface area contributed by atoms with Gasteiger partial charge in [0.2, 0.25) is 0 Å². The van der Waals surface area contributed by atoms with Gasteiger partial charge in [0.25, 0.3) is 15.9 Å². The van der Waals surface area contributed by atoms with Crippen LogP contribution in [-0.4, -0.2) is 29.1 Å². The number of benzene rings is 3. The molecule has 0 saturated carbocycles. The maximum absolute atomic E-state index is 14.1. The number of amides is 1. The SMILES string of the molecule is Cc1nn(-c2ccc(F)cc2)c2sc(C(=O)N(c3cccc4cccnc34)S(=O)(=O)c3ccccc3)cc12. The van der Waals surface area contributed by atoms with Crippen molar-refractivity contribution in [1.29, 1.82) is 0 Å². The Morgan fingerprint density at radius 2 is 1.68 bits per heavy atom. The monoisotopic (exact) mass is 542 g/mol. The van der Waals surface area contributed by atoms with E-state index in [4.69, 9.17) is 0 Å². The molecule has 7 nitrogen and oxygen atoms in total. The maximum atomic E-state index is 14.1. The van der Waals surface area contributed by atoms with Crippen LogP contribution in [0.2, 0.25) is 0 Å². The molecule has 0 N–H and O–H groups in total. The zero-order valence-corrected chi connectivity index (χ0v) is 21.6. The van der Waals surface area contributed by atoms with E-state index in [1.54, 1.807) is 72.4 Å². The van der Waals surface area contributed by atoms with Gasteiger partial charge in [0, 0.05) is 17.0 Å². The molecule has 0 saturated heterocycles. The third-order valence-electron chi connectivity index (χ3n) is 6.12. The van der Waals surface area contributed by atoms with E-state index in [-0.39, 0.29) is 21.3 Å². The predicted octanol–water partition coefficient (Wildman–Crippen LogP) is 6.12. The van der Waals surface area contributed by atoms with Crippen molar-refractivity contribution >= 4 is 54.1 Å². The van der Waals surface area contributed by atoms with Gasteiger partial charge in [0.05, 0.1) is 32.4 Å². The van der Waals surface area contributed by atoms with Crippen molar-refractivity contribution in [2.45, 2.75) is 11.8 Å². The molecule has 0 radical (unpaired) electrons. The number of fused-ring (bicyclic) bond motifs is 2. The van der Waals surface area contributed by atoms with E-state index in [9.17, 15) is 17.6 Å². The lowest BCUT2D eigenvalue weighted by Gasteiger charge is -2.23. The van der Waals surface area contributed by atoms with Crippen LogP contribution >= 0.6 is 11.3 Å². The van der Waals surface area contributed by atoms with Crippen LogP contribution in [0.25, 0.3) is 26.8 Å². The Balaban J connectivity index is 1.55. The van der Waals surface area contributed by atoms with Gasteiger partial charge in [-0.3, -0.25) is 9.78 Å². The average molecular weight is 543 g/mol. The lowest BCUT2D eigenvalue weighted by atomic mass is 10.2. The van der Waals surface area contributed by atoms with Crippen LogP contribution in [0.15, 0.2) is 102 Å². The molecular formula is C28H19FN4O3S2. The van der Waals surface area contributed by atoms with Crippen LogP contribution in [0.4, 0.5) is 10.1 Å². The highest BCUT2D eigenvalue weighted by atomic mass is 32.2. The smallest absolute Gasteiger partial charge is 0.267 e. The number of aromatic nitrogens is 3. The molecule has 0 aliphatic carbocycles. The predicted molar refractivity (Wildman–Crippen MR) is 146 cm³/mol. The normalized spacial score (nSPS) is 11.7. The van der Waals surface area contributed by atoms with Crippen LogP contribution < -0.4 is 4.31 Å². The van der Waals surface area contributed by atoms with Gasteiger partial charge in [-0.25, -0.2) is 17.5 Å². The number of rotatable bonds is 5. The van der Waals surface area contributed by atoms with Crippen molar-refractivity contribution in [2.75, 3.05) is 4.31 Å². The van der Waals surface area contributed by atoms with Gasteiger partial charge in [-0.2, -0.15) is 9.40 Å². The number of carbonyl (C=O) groups is 1. The summed E-state index contributed by atoms with van der Waals surface area (Å²) < 4.78 is 43.9. The minimum atomic E-state index is -4.30. The number of carbonyl (C=O) groups excluding carboxylic acids is 1. The van der Waals surface area contributed by atoms with E-state index in [0.717, 1.165) is 15.6 Å². The van der Waals surface area contributed by atoms with Crippen LogP contribution in [-0.2, 0) is 10.0 Å². The minimum Gasteiger partial charge on any atom is -0.267 e. The molecule has 0 bridgehead atoms. The van der Waals surface area contributed by atoms with Gasteiger partial charge in [-0.1, -0.05) is 36.4 Å². The molecule has 0 aliphatic heterocycles. The number of para-hydroxylation sites is 1. The Bertz CT molecular complexity index is 1930. The summed E-state index contributed by atoms with van der Waals surface area (Å²) in [7, 11) is -4.30. The van der Waals surface area contributed by atoms with E-state index in [1.807, 2.05) is 12.1 Å². The Kier molecular flexibility index (Phi) is 5.77. The summed E-state index contributed by atoms with van der Waals surface area (Å²) in [6.07, 6.45) is 1.56. The lowest BCUT2D eigenvalue weighted by Crippen LogP contribution is -2.37. The number of hydrogen-bond acceptors (Lipinski definition) is 6. The molecule has 0 atom stereocenters. The average Bonchev–Trinajstić information content (AvgIpc) is 3.50. The van der Waals surface area contributed by atoms with Crippen molar-refractivity contribution in [3.63, 3.8) is 0 Å². The fourth-order valence-corrected chi connectivity index (χ4v) is 6.91. The molecule has 0 aliphatic rings. The zero-order valence-electron chi connectivity index (χ0n) is 19.9. The fraction of sp³-hybridized carbons (Fsp3) is 0.0357. The first-order valence-electron chi connectivity index (χ1n) is 11.6. The minimum absolute atomic E-state index is 0.0175. The van der Waals surface area contributed by atoms with Crippen molar-refractivity contribution in [1.82, 2.24) is 14.8 Å². The topological polar surface area (TPSA) is 85.2 Å². The summed E-state index contributed by atoms with van der Waals surface area (Å²) in [5.41, 5.74) is 1.82. The molecule has 10 heteroatoms. The Hall–Kier alpha value is -4.41. The molecule has 3 heterocycles. The van der Waals surface area contributed by atoms with Gasteiger partial charge in [-0.15, -0.1) is 11.3 Å². The summed E-state index contributed by atoms with van der Waals surface area (Å²) in [5, 5.41) is 5.95. The third kappa shape index (κ3) is 3.94. The second-order valence-corrected chi connectivity index (χ2v) is 11.4. The second kappa shape index (κ2) is 9.16. The quantitative estimate of drug-likeness (QED) is 0.262. The largest absolute Gasteiger partial charge is 0.282 e. The molecule has 6 aromatic rings. The van der Waals surface area contributed by atoms with Gasteiger partial charge in [-0.05, 0) is 61.5 Å². The zero-order chi connectivity index (χ0) is 26.4. The number of anilines is 1. The third-order valence-corrected chi connectivity index (χ3v) is 8.93. The first-order chi connectivity index (χ1) is 18.3. The van der Waals surface area contributed by atoms with E-state index in [2.05, 4.69) is 10.1 Å². The number of pyridine rings is 1. The van der Waals surface area contributed by atoms with Gasteiger partial charge in [0.1, 0.15) is 10.6 Å². The lowest BCUT2D eigenvalue weighted by molar-refractivity contribution is 0.101. The van der Waals surface area contributed by atoms with Crippen LogP contribution in [0.3, 0.4) is 0 Å². The summed E-state index contributed by atoms with van der Waals surface area (Å²) >= 11 is 1.12. The number of thiophene rings is 1. The van der Waals surface area contributed by atoms with Crippen LogP contribution in [0, 0.1) is 12.7 Å². The molecule has 0 fully saturated rings. The van der Waals surface area contributed by atoms with Crippen molar-refractivity contribution < 1.29 is 17.6 Å². The number of aryl methyl sites for hydroxylation is 1. The summed E-state index contributed by atoms with van der Waals surface area (Å²) in [6, 6.07) is 24.0. The van der Waals surface area contributed by atoms with Gasteiger partial charge in [0.15, 0.2) is 0 Å². The molecule has 6 rings (SSSR count). The fourth-order valence-electron chi connectivity index (χ4n) is 4.31. The highest BCUT2D eigenvalue weighted by Gasteiger charge is 2.34. The Labute approximate surface area is 221 Å². The van der Waals surface area contributed by atoms with Gasteiger partial charge >= 0.3 is 0 Å².